The summed E-state index contributed by atoms with van der Waals surface area (Å²) in [6, 6.07) is 7.58. The molecule has 0 atom stereocenters. The second-order valence-corrected chi connectivity index (χ2v) is 7.35. The van der Waals surface area contributed by atoms with E-state index in [1.807, 2.05) is 45.0 Å². The van der Waals surface area contributed by atoms with E-state index in [9.17, 15) is 4.79 Å². The summed E-state index contributed by atoms with van der Waals surface area (Å²) in [5.41, 5.74) is 1.76. The summed E-state index contributed by atoms with van der Waals surface area (Å²) < 4.78 is 16.4. The minimum Gasteiger partial charge on any atom is -0.497 e. The van der Waals surface area contributed by atoms with E-state index in [-0.39, 0.29) is 12.0 Å². The molecule has 148 valence electrons. The first kappa shape index (κ1) is 21.3. The van der Waals surface area contributed by atoms with Gasteiger partial charge in [0.2, 0.25) is 11.8 Å². The molecule has 0 bridgehead atoms. The zero-order valence-corrected chi connectivity index (χ0v) is 17.2. The molecule has 1 aromatic carbocycles. The van der Waals surface area contributed by atoms with Crippen LogP contribution in [0.4, 0.5) is 0 Å². The van der Waals surface area contributed by atoms with Crippen molar-refractivity contribution in [2.24, 2.45) is 0 Å². The molecular weight excluding hydrogens is 364 g/mol. The van der Waals surface area contributed by atoms with Crippen LogP contribution in [0, 0.1) is 6.92 Å². The molecule has 0 fully saturated rings. The maximum atomic E-state index is 11.9. The summed E-state index contributed by atoms with van der Waals surface area (Å²) in [6.45, 7) is 7.20. The van der Waals surface area contributed by atoms with Crippen molar-refractivity contribution < 1.29 is 18.7 Å². The van der Waals surface area contributed by atoms with E-state index in [1.54, 1.807) is 7.11 Å². The Kier molecular flexibility index (Phi) is 8.67. The number of benzene rings is 1. The smallest absolute Gasteiger partial charge is 0.230 e. The first-order valence-corrected chi connectivity index (χ1v) is 10.2. The Morgan fingerprint density at radius 3 is 2.70 bits per heavy atom. The van der Waals surface area contributed by atoms with E-state index in [2.05, 4.69) is 10.3 Å². The SMILES string of the molecule is COc1ccc(-c2nc(CSCC(=O)NCCCOC(C)C)c(C)o2)cc1. The molecule has 0 radical (unpaired) electrons. The number of nitrogens with zero attached hydrogens (tertiary/aromatic N) is 1. The molecule has 0 aliphatic heterocycles. The molecule has 0 spiro atoms. The Bertz CT molecular complexity index is 713. The number of hydrogen-bond donors (Lipinski definition) is 1. The molecule has 27 heavy (non-hydrogen) atoms. The third-order valence-corrected chi connectivity index (χ3v) is 4.74. The number of aromatic nitrogens is 1. The highest BCUT2D eigenvalue weighted by molar-refractivity contribution is 7.99. The number of methoxy groups -OCH3 is 1. The van der Waals surface area contributed by atoms with Gasteiger partial charge in [-0.15, -0.1) is 11.8 Å². The average Bonchev–Trinajstić information content (AvgIpc) is 3.02. The number of ether oxygens (including phenoxy) is 2. The van der Waals surface area contributed by atoms with Gasteiger partial charge in [0, 0.05) is 24.5 Å². The number of nitrogens with one attached hydrogen (secondary N) is 1. The molecule has 2 aromatic rings. The van der Waals surface area contributed by atoms with Crippen LogP contribution in [0.25, 0.3) is 11.5 Å². The monoisotopic (exact) mass is 392 g/mol. The standard InChI is InChI=1S/C20H28N2O4S/c1-14(2)25-11-5-10-21-19(23)13-27-12-18-15(3)26-20(22-18)16-6-8-17(24-4)9-7-16/h6-9,14H,5,10-13H2,1-4H3,(H,21,23). The summed E-state index contributed by atoms with van der Waals surface area (Å²) in [7, 11) is 1.63. The largest absolute Gasteiger partial charge is 0.497 e. The first-order valence-electron chi connectivity index (χ1n) is 9.06. The van der Waals surface area contributed by atoms with Gasteiger partial charge in [0.25, 0.3) is 0 Å². The number of rotatable bonds is 11. The molecule has 1 amide bonds. The van der Waals surface area contributed by atoms with E-state index in [0.29, 0.717) is 30.5 Å². The van der Waals surface area contributed by atoms with Crippen molar-refractivity contribution in [1.29, 1.82) is 0 Å². The third-order valence-electron chi connectivity index (χ3n) is 3.80. The number of carbonyl (C=O) groups is 1. The van der Waals surface area contributed by atoms with Crippen LogP contribution in [0.2, 0.25) is 0 Å². The normalized spacial score (nSPS) is 11.0. The van der Waals surface area contributed by atoms with Gasteiger partial charge in [-0.2, -0.15) is 0 Å². The highest BCUT2D eigenvalue weighted by Gasteiger charge is 2.12. The Morgan fingerprint density at radius 2 is 2.04 bits per heavy atom. The van der Waals surface area contributed by atoms with Crippen LogP contribution in [-0.4, -0.2) is 43.0 Å². The lowest BCUT2D eigenvalue weighted by molar-refractivity contribution is -0.118. The average molecular weight is 393 g/mol. The second-order valence-electron chi connectivity index (χ2n) is 6.37. The van der Waals surface area contributed by atoms with Crippen molar-refractivity contribution in [3.8, 4) is 17.2 Å². The van der Waals surface area contributed by atoms with Gasteiger partial charge in [-0.05, 0) is 51.5 Å². The number of aryl methyl sites for hydroxylation is 1. The number of amides is 1. The van der Waals surface area contributed by atoms with E-state index < -0.39 is 0 Å². The molecule has 0 saturated carbocycles. The zero-order valence-electron chi connectivity index (χ0n) is 16.4. The number of thioether (sulfide) groups is 1. The molecule has 1 heterocycles. The molecule has 1 N–H and O–H groups in total. The lowest BCUT2D eigenvalue weighted by Gasteiger charge is -2.08. The van der Waals surface area contributed by atoms with Gasteiger partial charge in [-0.3, -0.25) is 4.79 Å². The molecule has 6 nitrogen and oxygen atoms in total. The van der Waals surface area contributed by atoms with Crippen molar-refractivity contribution in [1.82, 2.24) is 10.3 Å². The van der Waals surface area contributed by atoms with Crippen molar-refractivity contribution in [3.63, 3.8) is 0 Å². The van der Waals surface area contributed by atoms with E-state index in [0.717, 1.165) is 29.2 Å². The number of oxazole rings is 1. The van der Waals surface area contributed by atoms with Crippen LogP contribution < -0.4 is 10.1 Å². The number of carbonyl (C=O) groups excluding carboxylic acids is 1. The fourth-order valence-electron chi connectivity index (χ4n) is 2.33. The maximum absolute atomic E-state index is 11.9. The fourth-order valence-corrected chi connectivity index (χ4v) is 3.18. The van der Waals surface area contributed by atoms with Gasteiger partial charge in [0.15, 0.2) is 0 Å². The predicted octanol–water partition coefficient (Wildman–Crippen LogP) is 3.82. The lowest BCUT2D eigenvalue weighted by atomic mass is 10.2. The lowest BCUT2D eigenvalue weighted by Crippen LogP contribution is -2.27. The summed E-state index contributed by atoms with van der Waals surface area (Å²) in [5, 5.41) is 2.90. The minimum absolute atomic E-state index is 0.0288. The van der Waals surface area contributed by atoms with Gasteiger partial charge in [0.05, 0.1) is 24.7 Å². The maximum Gasteiger partial charge on any atom is 0.230 e. The third kappa shape index (κ3) is 7.27. The van der Waals surface area contributed by atoms with Gasteiger partial charge in [-0.25, -0.2) is 4.98 Å². The zero-order chi connectivity index (χ0) is 19.6. The van der Waals surface area contributed by atoms with Crippen LogP contribution >= 0.6 is 11.8 Å². The van der Waals surface area contributed by atoms with Crippen molar-refractivity contribution in [2.45, 2.75) is 39.0 Å². The second kappa shape index (κ2) is 11.0. The highest BCUT2D eigenvalue weighted by atomic mass is 32.2. The van der Waals surface area contributed by atoms with E-state index in [4.69, 9.17) is 13.9 Å². The van der Waals surface area contributed by atoms with E-state index >= 15 is 0 Å². The van der Waals surface area contributed by atoms with Gasteiger partial charge in [-0.1, -0.05) is 0 Å². The summed E-state index contributed by atoms with van der Waals surface area (Å²) >= 11 is 1.53. The summed E-state index contributed by atoms with van der Waals surface area (Å²) in [6.07, 6.45) is 1.05. The number of hydrogen-bond acceptors (Lipinski definition) is 6. The summed E-state index contributed by atoms with van der Waals surface area (Å²) in [5.74, 6) is 3.21. The molecule has 0 saturated heterocycles. The Hall–Kier alpha value is -1.99. The Balaban J connectivity index is 1.74. The molecule has 2 rings (SSSR count). The summed E-state index contributed by atoms with van der Waals surface area (Å²) in [4.78, 5) is 16.4. The first-order chi connectivity index (χ1) is 13.0. The fraction of sp³-hybridized carbons (Fsp3) is 0.500. The quantitative estimate of drug-likeness (QED) is 0.586. The highest BCUT2D eigenvalue weighted by Crippen LogP contribution is 2.25. The predicted molar refractivity (Wildman–Crippen MR) is 108 cm³/mol. The van der Waals surface area contributed by atoms with Crippen molar-refractivity contribution in [2.75, 3.05) is 26.0 Å². The van der Waals surface area contributed by atoms with Crippen LogP contribution in [0.1, 0.15) is 31.7 Å². The minimum atomic E-state index is 0.0288. The molecule has 1 aromatic heterocycles. The molecular formula is C20H28N2O4S. The molecule has 0 aliphatic carbocycles. The van der Waals surface area contributed by atoms with Gasteiger partial charge >= 0.3 is 0 Å². The molecule has 0 aliphatic rings. The van der Waals surface area contributed by atoms with Crippen LogP contribution in [0.15, 0.2) is 28.7 Å². The van der Waals surface area contributed by atoms with Crippen LogP contribution in [0.5, 0.6) is 5.75 Å². The van der Waals surface area contributed by atoms with Crippen LogP contribution in [-0.2, 0) is 15.3 Å². The molecule has 7 heteroatoms. The van der Waals surface area contributed by atoms with Crippen molar-refractivity contribution in [3.05, 3.63) is 35.7 Å². The van der Waals surface area contributed by atoms with Crippen molar-refractivity contribution >= 4 is 17.7 Å². The topological polar surface area (TPSA) is 73.6 Å². The Morgan fingerprint density at radius 1 is 1.30 bits per heavy atom. The van der Waals surface area contributed by atoms with Crippen LogP contribution in [0.3, 0.4) is 0 Å². The van der Waals surface area contributed by atoms with E-state index in [1.165, 1.54) is 11.8 Å². The molecule has 0 unspecified atom stereocenters. The van der Waals surface area contributed by atoms with Gasteiger partial charge in [0.1, 0.15) is 11.5 Å². The van der Waals surface area contributed by atoms with Gasteiger partial charge < -0.3 is 19.2 Å². The Labute approximate surface area is 165 Å².